The molecule has 0 radical (unpaired) electrons. The second-order valence-corrected chi connectivity index (χ2v) is 8.01. The van der Waals surface area contributed by atoms with Crippen LogP contribution in [0.4, 0.5) is 17.1 Å². The van der Waals surface area contributed by atoms with Crippen molar-refractivity contribution in [2.45, 2.75) is 19.3 Å². The number of hydrogen-bond acceptors (Lipinski definition) is 2. The van der Waals surface area contributed by atoms with Gasteiger partial charge in [-0.2, -0.15) is 0 Å². The molecular formula is C26H18N2. The average Bonchev–Trinajstić information content (AvgIpc) is 3.12. The lowest BCUT2D eigenvalue weighted by molar-refractivity contribution is 0.961. The highest BCUT2D eigenvalue weighted by Crippen LogP contribution is 2.54. The summed E-state index contributed by atoms with van der Waals surface area (Å²) in [5, 5.41) is 0. The summed E-state index contributed by atoms with van der Waals surface area (Å²) in [5.41, 5.74) is 15.3. The van der Waals surface area contributed by atoms with Crippen LogP contribution in [0.1, 0.15) is 33.5 Å². The number of aromatic nitrogens is 1. The number of para-hydroxylation sites is 1. The van der Waals surface area contributed by atoms with E-state index in [1.165, 1.54) is 61.7 Å². The smallest absolute Gasteiger partial charge is 0.0688 e. The second-order valence-electron chi connectivity index (χ2n) is 8.01. The van der Waals surface area contributed by atoms with Crippen molar-refractivity contribution in [2.24, 2.45) is 0 Å². The maximum atomic E-state index is 4.74. The average molecular weight is 358 g/mol. The van der Waals surface area contributed by atoms with E-state index in [2.05, 4.69) is 71.6 Å². The number of benzene rings is 3. The van der Waals surface area contributed by atoms with E-state index in [9.17, 15) is 0 Å². The first-order chi connectivity index (χ1) is 13.9. The fourth-order valence-electron chi connectivity index (χ4n) is 5.39. The lowest BCUT2D eigenvalue weighted by Crippen LogP contribution is -2.26. The first kappa shape index (κ1) is 14.6. The van der Waals surface area contributed by atoms with Crippen LogP contribution < -0.4 is 4.90 Å². The SMILES string of the molecule is c1ccc2c(c1)Cc1c-2cc2c3c1Cc1ccccc1N3c1cccnc1C2. The molecule has 1 aromatic heterocycles. The Morgan fingerprint density at radius 3 is 2.39 bits per heavy atom. The Morgan fingerprint density at radius 2 is 1.43 bits per heavy atom. The van der Waals surface area contributed by atoms with Gasteiger partial charge in [-0.1, -0.05) is 42.5 Å². The predicted molar refractivity (Wildman–Crippen MR) is 113 cm³/mol. The zero-order chi connectivity index (χ0) is 18.2. The number of anilines is 3. The van der Waals surface area contributed by atoms with Gasteiger partial charge in [0.1, 0.15) is 0 Å². The van der Waals surface area contributed by atoms with Crippen molar-refractivity contribution in [1.82, 2.24) is 4.98 Å². The van der Waals surface area contributed by atoms with E-state index < -0.39 is 0 Å². The van der Waals surface area contributed by atoms with Gasteiger partial charge in [0.15, 0.2) is 0 Å². The van der Waals surface area contributed by atoms with Crippen LogP contribution in [0.5, 0.6) is 0 Å². The molecule has 3 aliphatic rings. The summed E-state index contributed by atoms with van der Waals surface area (Å²) in [4.78, 5) is 7.21. The molecule has 0 N–H and O–H groups in total. The predicted octanol–water partition coefficient (Wildman–Crippen LogP) is 5.93. The van der Waals surface area contributed by atoms with Crippen LogP contribution in [0.3, 0.4) is 0 Å². The van der Waals surface area contributed by atoms with Crippen molar-refractivity contribution >= 4 is 17.1 Å². The molecule has 0 amide bonds. The molecule has 0 saturated heterocycles. The third-order valence-corrected chi connectivity index (χ3v) is 6.56. The number of hydrogen-bond donors (Lipinski definition) is 0. The molecule has 0 fully saturated rings. The number of pyridine rings is 1. The molecule has 132 valence electrons. The minimum atomic E-state index is 0.909. The maximum absolute atomic E-state index is 4.74. The first-order valence-corrected chi connectivity index (χ1v) is 9.96. The van der Waals surface area contributed by atoms with Crippen molar-refractivity contribution < 1.29 is 0 Å². The van der Waals surface area contributed by atoms with Crippen molar-refractivity contribution in [3.05, 3.63) is 106 Å². The molecule has 0 spiro atoms. The van der Waals surface area contributed by atoms with Gasteiger partial charge in [0.05, 0.1) is 17.1 Å². The summed E-state index contributed by atoms with van der Waals surface area (Å²) in [6.45, 7) is 0. The zero-order valence-electron chi connectivity index (χ0n) is 15.4. The Labute approximate surface area is 164 Å². The largest absolute Gasteiger partial charge is 0.308 e. The molecule has 2 aliphatic heterocycles. The molecule has 0 bridgehead atoms. The van der Waals surface area contributed by atoms with Crippen molar-refractivity contribution in [3.8, 4) is 11.1 Å². The van der Waals surface area contributed by atoms with Gasteiger partial charge in [-0.15, -0.1) is 0 Å². The van der Waals surface area contributed by atoms with Gasteiger partial charge in [0.2, 0.25) is 0 Å². The summed E-state index contributed by atoms with van der Waals surface area (Å²) >= 11 is 0. The van der Waals surface area contributed by atoms with Gasteiger partial charge < -0.3 is 4.90 Å². The number of nitrogens with zero attached hydrogens (tertiary/aromatic N) is 2. The number of rotatable bonds is 0. The van der Waals surface area contributed by atoms with Crippen LogP contribution in [-0.2, 0) is 19.3 Å². The van der Waals surface area contributed by atoms with E-state index >= 15 is 0 Å². The van der Waals surface area contributed by atoms with Crippen molar-refractivity contribution in [2.75, 3.05) is 4.90 Å². The van der Waals surface area contributed by atoms with Crippen molar-refractivity contribution in [1.29, 1.82) is 0 Å². The topological polar surface area (TPSA) is 16.1 Å². The maximum Gasteiger partial charge on any atom is 0.0688 e. The summed E-state index contributed by atoms with van der Waals surface area (Å²) in [5.74, 6) is 0. The third-order valence-electron chi connectivity index (χ3n) is 6.56. The summed E-state index contributed by atoms with van der Waals surface area (Å²) < 4.78 is 0. The fraction of sp³-hybridized carbons (Fsp3) is 0.115. The normalized spacial score (nSPS) is 14.6. The molecule has 7 rings (SSSR count). The molecule has 4 aromatic rings. The highest BCUT2D eigenvalue weighted by molar-refractivity contribution is 5.93. The third kappa shape index (κ3) is 1.75. The Hall–Kier alpha value is -3.39. The van der Waals surface area contributed by atoms with Gasteiger partial charge in [-0.25, -0.2) is 0 Å². The molecule has 0 atom stereocenters. The molecule has 0 saturated carbocycles. The minimum absolute atomic E-state index is 0.909. The molecule has 28 heavy (non-hydrogen) atoms. The highest BCUT2D eigenvalue weighted by atomic mass is 15.2. The van der Waals surface area contributed by atoms with Crippen molar-refractivity contribution in [3.63, 3.8) is 0 Å². The molecule has 3 aromatic carbocycles. The van der Waals surface area contributed by atoms with Gasteiger partial charge in [-0.05, 0) is 69.6 Å². The summed E-state index contributed by atoms with van der Waals surface area (Å²) in [7, 11) is 0. The monoisotopic (exact) mass is 358 g/mol. The fourth-order valence-corrected chi connectivity index (χ4v) is 5.39. The second kappa shape index (κ2) is 5.11. The number of fused-ring (bicyclic) bond motifs is 8. The van der Waals surface area contributed by atoms with Crippen LogP contribution in [0, 0.1) is 0 Å². The Balaban J connectivity index is 1.58. The summed E-state index contributed by atoms with van der Waals surface area (Å²) in [6.07, 6.45) is 4.89. The zero-order valence-corrected chi connectivity index (χ0v) is 15.4. The van der Waals surface area contributed by atoms with Crippen LogP contribution in [0.15, 0.2) is 72.9 Å². The molecule has 3 heterocycles. The molecule has 0 unspecified atom stereocenters. The quantitative estimate of drug-likeness (QED) is 0.334. The van der Waals surface area contributed by atoms with Crippen LogP contribution in [0.25, 0.3) is 11.1 Å². The first-order valence-electron chi connectivity index (χ1n) is 9.96. The van der Waals surface area contributed by atoms with Gasteiger partial charge >= 0.3 is 0 Å². The lowest BCUT2D eigenvalue weighted by Gasteiger charge is -2.39. The van der Waals surface area contributed by atoms with Crippen LogP contribution in [0.2, 0.25) is 0 Å². The standard InChI is InChI=1S/C26H18N2/c1-3-8-19-16(6-1)12-21-20(19)14-18-15-23-25(10-5-11-27-23)28-24-9-4-2-7-17(24)13-22(21)26(18)28/h1-11,14H,12-13,15H2. The van der Waals surface area contributed by atoms with Gasteiger partial charge in [-0.3, -0.25) is 4.98 Å². The van der Waals surface area contributed by atoms with Crippen LogP contribution in [-0.4, -0.2) is 4.98 Å². The molecule has 1 aliphatic carbocycles. The molecule has 2 heteroatoms. The van der Waals surface area contributed by atoms with E-state index in [-0.39, 0.29) is 0 Å². The van der Waals surface area contributed by atoms with E-state index in [0.29, 0.717) is 0 Å². The van der Waals surface area contributed by atoms with E-state index in [1.54, 1.807) is 0 Å². The highest BCUT2D eigenvalue weighted by Gasteiger charge is 2.35. The van der Waals surface area contributed by atoms with E-state index in [0.717, 1.165) is 19.3 Å². The van der Waals surface area contributed by atoms with Gasteiger partial charge in [0.25, 0.3) is 0 Å². The molecular weight excluding hydrogens is 340 g/mol. The minimum Gasteiger partial charge on any atom is -0.308 e. The Bertz CT molecular complexity index is 1290. The Kier molecular flexibility index (Phi) is 2.67. The van der Waals surface area contributed by atoms with Crippen LogP contribution >= 0.6 is 0 Å². The summed E-state index contributed by atoms with van der Waals surface area (Å²) in [6, 6.07) is 24.5. The lowest BCUT2D eigenvalue weighted by atomic mass is 9.83. The van der Waals surface area contributed by atoms with Gasteiger partial charge in [0, 0.05) is 24.7 Å². The molecule has 2 nitrogen and oxygen atoms in total. The Morgan fingerprint density at radius 1 is 0.643 bits per heavy atom. The van der Waals surface area contributed by atoms with E-state index in [4.69, 9.17) is 4.98 Å². The van der Waals surface area contributed by atoms with E-state index in [1.807, 2.05) is 6.20 Å².